The summed E-state index contributed by atoms with van der Waals surface area (Å²) in [6, 6.07) is 9.95. The van der Waals surface area contributed by atoms with Crippen molar-refractivity contribution in [1.29, 1.82) is 0 Å². The average Bonchev–Trinajstić information content (AvgIpc) is 2.94. The normalized spacial score (nSPS) is 12.3. The van der Waals surface area contributed by atoms with Crippen LogP contribution in [-0.2, 0) is 6.54 Å². The molecule has 0 atom stereocenters. The van der Waals surface area contributed by atoms with Crippen molar-refractivity contribution < 1.29 is 13.2 Å². The Morgan fingerprint density at radius 3 is 2.52 bits per heavy atom. The van der Waals surface area contributed by atoms with E-state index in [1.165, 1.54) is 0 Å². The summed E-state index contributed by atoms with van der Waals surface area (Å²) in [6.07, 6.45) is -4.31. The van der Waals surface area contributed by atoms with Crippen molar-refractivity contribution in [2.75, 3.05) is 13.6 Å². The predicted molar refractivity (Wildman–Crippen MR) is 101 cm³/mol. The second-order valence-electron chi connectivity index (χ2n) is 6.39. The molecule has 27 heavy (non-hydrogen) atoms. The number of hydrogen-bond donors (Lipinski definition) is 2. The van der Waals surface area contributed by atoms with Crippen molar-refractivity contribution in [3.8, 4) is 5.69 Å². The van der Waals surface area contributed by atoms with E-state index in [1.807, 2.05) is 48.9 Å². The molecule has 0 aliphatic carbocycles. The van der Waals surface area contributed by atoms with Gasteiger partial charge in [-0.2, -0.15) is 18.3 Å². The van der Waals surface area contributed by atoms with Crippen LogP contribution in [0.25, 0.3) is 5.69 Å². The highest BCUT2D eigenvalue weighted by molar-refractivity contribution is 5.79. The summed E-state index contributed by atoms with van der Waals surface area (Å²) in [7, 11) is 1.64. The molecule has 2 aromatic rings. The van der Waals surface area contributed by atoms with E-state index in [2.05, 4.69) is 20.7 Å². The third-order valence-electron chi connectivity index (χ3n) is 4.08. The maximum atomic E-state index is 12.2. The first-order valence-electron chi connectivity index (χ1n) is 8.93. The van der Waals surface area contributed by atoms with E-state index in [9.17, 15) is 13.2 Å². The maximum absolute atomic E-state index is 12.2. The van der Waals surface area contributed by atoms with Crippen LogP contribution in [0.15, 0.2) is 35.3 Å². The number of para-hydroxylation sites is 1. The van der Waals surface area contributed by atoms with Gasteiger partial charge in [0, 0.05) is 32.3 Å². The summed E-state index contributed by atoms with van der Waals surface area (Å²) in [5, 5.41) is 10.8. The third-order valence-corrected chi connectivity index (χ3v) is 4.08. The molecule has 148 valence electrons. The first-order valence-corrected chi connectivity index (χ1v) is 8.93. The molecule has 0 fully saturated rings. The molecule has 0 unspecified atom stereocenters. The predicted octanol–water partition coefficient (Wildman–Crippen LogP) is 3.89. The summed E-state index contributed by atoms with van der Waals surface area (Å²) < 4.78 is 38.4. The number of guanidine groups is 1. The van der Waals surface area contributed by atoms with Crippen LogP contribution in [0.1, 0.15) is 36.2 Å². The first kappa shape index (κ1) is 20.8. The lowest BCUT2D eigenvalue weighted by molar-refractivity contribution is -0.135. The minimum atomic E-state index is -4.09. The Balaban J connectivity index is 1.91. The van der Waals surface area contributed by atoms with Crippen LogP contribution in [0, 0.1) is 13.8 Å². The molecule has 0 aliphatic heterocycles. The van der Waals surface area contributed by atoms with Crippen molar-refractivity contribution in [2.24, 2.45) is 4.99 Å². The van der Waals surface area contributed by atoms with Gasteiger partial charge in [0.1, 0.15) is 0 Å². The lowest BCUT2D eigenvalue weighted by Gasteiger charge is -2.15. The number of halogens is 3. The zero-order chi connectivity index (χ0) is 19.9. The van der Waals surface area contributed by atoms with Gasteiger partial charge in [-0.1, -0.05) is 18.2 Å². The molecule has 0 radical (unpaired) electrons. The number of rotatable bonds is 7. The van der Waals surface area contributed by atoms with Gasteiger partial charge in [0.2, 0.25) is 0 Å². The fourth-order valence-corrected chi connectivity index (χ4v) is 2.80. The van der Waals surface area contributed by atoms with Gasteiger partial charge in [-0.15, -0.1) is 0 Å². The van der Waals surface area contributed by atoms with Gasteiger partial charge in [0.05, 0.1) is 11.4 Å². The van der Waals surface area contributed by atoms with Gasteiger partial charge in [-0.3, -0.25) is 4.99 Å². The topological polar surface area (TPSA) is 54.2 Å². The Labute approximate surface area is 157 Å². The van der Waals surface area contributed by atoms with Crippen LogP contribution in [0.3, 0.4) is 0 Å². The van der Waals surface area contributed by atoms with E-state index < -0.39 is 12.6 Å². The number of aliphatic imine (C=N–C) groups is 1. The number of nitrogens with zero attached hydrogens (tertiary/aromatic N) is 3. The Hall–Kier alpha value is -2.51. The van der Waals surface area contributed by atoms with Crippen molar-refractivity contribution in [1.82, 2.24) is 20.4 Å². The highest BCUT2D eigenvalue weighted by Crippen LogP contribution is 2.21. The van der Waals surface area contributed by atoms with Crippen molar-refractivity contribution in [3.05, 3.63) is 47.3 Å². The van der Waals surface area contributed by atoms with Gasteiger partial charge in [-0.05, 0) is 44.4 Å². The molecule has 1 heterocycles. The van der Waals surface area contributed by atoms with Crippen molar-refractivity contribution in [2.45, 2.75) is 45.8 Å². The van der Waals surface area contributed by atoms with Crippen LogP contribution >= 0.6 is 0 Å². The number of alkyl halides is 3. The summed E-state index contributed by atoms with van der Waals surface area (Å²) >= 11 is 0. The zero-order valence-electron chi connectivity index (χ0n) is 15.9. The molecular formula is C19H26F3N5. The highest BCUT2D eigenvalue weighted by Gasteiger charge is 2.25. The average molecular weight is 381 g/mol. The molecule has 0 bridgehead atoms. The van der Waals surface area contributed by atoms with Crippen LogP contribution in [0.4, 0.5) is 13.2 Å². The summed E-state index contributed by atoms with van der Waals surface area (Å²) in [5.41, 5.74) is 4.03. The molecule has 0 saturated heterocycles. The summed E-state index contributed by atoms with van der Waals surface area (Å²) in [5.74, 6) is 0.560. The molecule has 5 nitrogen and oxygen atoms in total. The van der Waals surface area contributed by atoms with E-state index in [-0.39, 0.29) is 6.42 Å². The number of aryl methyl sites for hydroxylation is 2. The maximum Gasteiger partial charge on any atom is 0.389 e. The number of benzene rings is 1. The molecule has 1 aromatic carbocycles. The van der Waals surface area contributed by atoms with Gasteiger partial charge in [0.15, 0.2) is 5.96 Å². The van der Waals surface area contributed by atoms with E-state index in [0.29, 0.717) is 25.5 Å². The SMILES string of the molecule is CN=C(NCCCCC(F)(F)F)NCc1ccccc1-n1nc(C)cc1C. The molecule has 0 aliphatic rings. The molecule has 8 heteroatoms. The molecule has 2 rings (SSSR count). The van der Waals surface area contributed by atoms with E-state index >= 15 is 0 Å². The lowest BCUT2D eigenvalue weighted by Crippen LogP contribution is -2.37. The Morgan fingerprint density at radius 1 is 1.15 bits per heavy atom. The number of hydrogen-bond acceptors (Lipinski definition) is 2. The second-order valence-corrected chi connectivity index (χ2v) is 6.39. The molecule has 0 saturated carbocycles. The fraction of sp³-hybridized carbons (Fsp3) is 0.474. The minimum absolute atomic E-state index is 0.105. The largest absolute Gasteiger partial charge is 0.389 e. The van der Waals surface area contributed by atoms with Gasteiger partial charge in [0.25, 0.3) is 0 Å². The molecule has 0 spiro atoms. The highest BCUT2D eigenvalue weighted by atomic mass is 19.4. The smallest absolute Gasteiger partial charge is 0.356 e. The van der Waals surface area contributed by atoms with E-state index in [1.54, 1.807) is 7.05 Å². The number of nitrogens with one attached hydrogen (secondary N) is 2. The number of aromatic nitrogens is 2. The Bertz CT molecular complexity index is 765. The van der Waals surface area contributed by atoms with Gasteiger partial charge in [-0.25, -0.2) is 4.68 Å². The Morgan fingerprint density at radius 2 is 1.89 bits per heavy atom. The number of unbranched alkanes of at least 4 members (excludes halogenated alkanes) is 1. The first-order chi connectivity index (χ1) is 12.8. The lowest BCUT2D eigenvalue weighted by atomic mass is 10.1. The van der Waals surface area contributed by atoms with Crippen LogP contribution in [0.2, 0.25) is 0 Å². The molecule has 0 amide bonds. The van der Waals surface area contributed by atoms with Crippen LogP contribution in [-0.4, -0.2) is 35.5 Å². The summed E-state index contributed by atoms with van der Waals surface area (Å²) in [6.45, 7) is 4.92. The monoisotopic (exact) mass is 381 g/mol. The minimum Gasteiger partial charge on any atom is -0.356 e. The molecular weight excluding hydrogens is 355 g/mol. The second kappa shape index (κ2) is 9.43. The van der Waals surface area contributed by atoms with Crippen molar-refractivity contribution >= 4 is 5.96 Å². The van der Waals surface area contributed by atoms with E-state index in [4.69, 9.17) is 0 Å². The standard InChI is InChI=1S/C19H26F3N5/c1-14-12-15(2)27(26-14)17-9-5-4-8-16(17)13-25-18(23-3)24-11-7-6-10-19(20,21)22/h4-5,8-9,12H,6-7,10-11,13H2,1-3H3,(H2,23,24,25). The van der Waals surface area contributed by atoms with Crippen LogP contribution in [0.5, 0.6) is 0 Å². The van der Waals surface area contributed by atoms with Gasteiger partial charge >= 0.3 is 6.18 Å². The van der Waals surface area contributed by atoms with Crippen LogP contribution < -0.4 is 10.6 Å². The fourth-order valence-electron chi connectivity index (χ4n) is 2.80. The quantitative estimate of drug-likeness (QED) is 0.435. The summed E-state index contributed by atoms with van der Waals surface area (Å²) in [4.78, 5) is 4.12. The third kappa shape index (κ3) is 6.62. The van der Waals surface area contributed by atoms with Crippen molar-refractivity contribution in [3.63, 3.8) is 0 Å². The Kier molecular flexibility index (Phi) is 7.27. The van der Waals surface area contributed by atoms with Gasteiger partial charge < -0.3 is 10.6 Å². The molecule has 1 aromatic heterocycles. The molecule has 2 N–H and O–H groups in total. The van der Waals surface area contributed by atoms with E-state index in [0.717, 1.165) is 22.6 Å². The zero-order valence-corrected chi connectivity index (χ0v) is 15.9.